The first-order valence-corrected chi connectivity index (χ1v) is 10.9. The highest BCUT2D eigenvalue weighted by Gasteiger charge is 2.31. The molecule has 2 aromatic rings. The van der Waals surface area contributed by atoms with E-state index in [9.17, 15) is 10.2 Å². The maximum atomic E-state index is 10.3. The lowest BCUT2D eigenvalue weighted by molar-refractivity contribution is 0.136. The van der Waals surface area contributed by atoms with Gasteiger partial charge in [0.25, 0.3) is 0 Å². The fourth-order valence-electron chi connectivity index (χ4n) is 3.78. The highest BCUT2D eigenvalue weighted by molar-refractivity contribution is 8.00. The normalized spacial score (nSPS) is 21.6. The minimum atomic E-state index is -0.417. The van der Waals surface area contributed by atoms with Gasteiger partial charge in [-0.15, -0.1) is 11.8 Å². The molecule has 29 heavy (non-hydrogen) atoms. The summed E-state index contributed by atoms with van der Waals surface area (Å²) in [6.45, 7) is 2.68. The van der Waals surface area contributed by atoms with Gasteiger partial charge < -0.3 is 24.4 Å². The lowest BCUT2D eigenvalue weighted by Gasteiger charge is -2.32. The first-order valence-electron chi connectivity index (χ1n) is 9.98. The molecule has 1 heterocycles. The van der Waals surface area contributed by atoms with Gasteiger partial charge in [0.15, 0.2) is 0 Å². The third-order valence-electron chi connectivity index (χ3n) is 5.19. The van der Waals surface area contributed by atoms with Crippen molar-refractivity contribution in [3.63, 3.8) is 0 Å². The largest absolute Gasteiger partial charge is 0.496 e. The van der Waals surface area contributed by atoms with Crippen LogP contribution in [-0.4, -0.2) is 49.0 Å². The van der Waals surface area contributed by atoms with Gasteiger partial charge in [-0.1, -0.05) is 12.1 Å². The standard InChI is InChI=1S/C23H30O5S/c1-4-28-18-7-5-15(6-8-18)9-16-10-20(22(27-3)13-21(16)26-2)23-12-17(25)11-19(14-24)29-23/h5-8,10,13,17,19,23-25H,4,9,11-12,14H2,1-3H3/t17-,19-,23+/m0/s1. The second-order valence-corrected chi connectivity index (χ2v) is 8.72. The van der Waals surface area contributed by atoms with Gasteiger partial charge in [-0.25, -0.2) is 0 Å². The van der Waals surface area contributed by atoms with Crippen LogP contribution in [0, 0.1) is 0 Å². The quantitative estimate of drug-likeness (QED) is 0.676. The van der Waals surface area contributed by atoms with Crippen LogP contribution in [0.4, 0.5) is 0 Å². The Morgan fingerprint density at radius 2 is 1.76 bits per heavy atom. The molecule has 2 N–H and O–H groups in total. The fraction of sp³-hybridized carbons (Fsp3) is 0.478. The second kappa shape index (κ2) is 10.2. The van der Waals surface area contributed by atoms with Crippen LogP contribution in [0.2, 0.25) is 0 Å². The topological polar surface area (TPSA) is 68.2 Å². The number of hydrogen-bond acceptors (Lipinski definition) is 6. The molecular formula is C23H30O5S. The highest BCUT2D eigenvalue weighted by atomic mass is 32.2. The van der Waals surface area contributed by atoms with Crippen molar-refractivity contribution in [2.24, 2.45) is 0 Å². The summed E-state index contributed by atoms with van der Waals surface area (Å²) in [6, 6.07) is 12.1. The van der Waals surface area contributed by atoms with Crippen LogP contribution in [0.25, 0.3) is 0 Å². The smallest absolute Gasteiger partial charge is 0.126 e. The summed E-state index contributed by atoms with van der Waals surface area (Å²) in [4.78, 5) is 0. The van der Waals surface area contributed by atoms with Gasteiger partial charge in [-0.2, -0.15) is 0 Å². The number of aliphatic hydroxyl groups is 2. The van der Waals surface area contributed by atoms with Crippen molar-refractivity contribution < 1.29 is 24.4 Å². The highest BCUT2D eigenvalue weighted by Crippen LogP contribution is 2.47. The number of rotatable bonds is 8. The predicted octanol–water partition coefficient (Wildman–Crippen LogP) is 3.98. The first kappa shape index (κ1) is 21.8. The number of thioether (sulfide) groups is 1. The molecule has 0 saturated carbocycles. The lowest BCUT2D eigenvalue weighted by atomic mass is 9.96. The molecule has 2 aromatic carbocycles. The Balaban J connectivity index is 1.91. The minimum absolute atomic E-state index is 0.0325. The minimum Gasteiger partial charge on any atom is -0.496 e. The molecule has 3 atom stereocenters. The zero-order chi connectivity index (χ0) is 20.8. The second-order valence-electron chi connectivity index (χ2n) is 7.21. The maximum Gasteiger partial charge on any atom is 0.126 e. The van der Waals surface area contributed by atoms with Crippen LogP contribution in [0.5, 0.6) is 17.2 Å². The Labute approximate surface area is 177 Å². The number of ether oxygens (including phenoxy) is 3. The molecule has 1 aliphatic rings. The Bertz CT molecular complexity index is 793. The van der Waals surface area contributed by atoms with Crippen molar-refractivity contribution in [3.05, 3.63) is 53.1 Å². The molecule has 1 fully saturated rings. The Morgan fingerprint density at radius 3 is 2.38 bits per heavy atom. The summed E-state index contributed by atoms with van der Waals surface area (Å²) in [7, 11) is 3.31. The van der Waals surface area contributed by atoms with E-state index in [-0.39, 0.29) is 17.1 Å². The zero-order valence-electron chi connectivity index (χ0n) is 17.3. The van der Waals surface area contributed by atoms with Gasteiger partial charge in [0.2, 0.25) is 0 Å². The van der Waals surface area contributed by atoms with E-state index in [2.05, 4.69) is 18.2 Å². The van der Waals surface area contributed by atoms with Crippen LogP contribution >= 0.6 is 11.8 Å². The predicted molar refractivity (Wildman–Crippen MR) is 116 cm³/mol. The lowest BCUT2D eigenvalue weighted by Crippen LogP contribution is -2.27. The van der Waals surface area contributed by atoms with Gasteiger partial charge in [-0.3, -0.25) is 0 Å². The molecular weight excluding hydrogens is 388 g/mol. The molecule has 158 valence electrons. The van der Waals surface area contributed by atoms with Crippen molar-refractivity contribution in [3.8, 4) is 17.2 Å². The van der Waals surface area contributed by atoms with E-state index >= 15 is 0 Å². The van der Waals surface area contributed by atoms with Crippen molar-refractivity contribution >= 4 is 11.8 Å². The Hall–Kier alpha value is -1.89. The van der Waals surface area contributed by atoms with E-state index in [1.54, 1.807) is 26.0 Å². The van der Waals surface area contributed by atoms with E-state index in [0.29, 0.717) is 19.4 Å². The van der Waals surface area contributed by atoms with Crippen LogP contribution in [0.15, 0.2) is 36.4 Å². The molecule has 3 rings (SSSR count). The molecule has 5 nitrogen and oxygen atoms in total. The molecule has 0 amide bonds. The summed E-state index contributed by atoms with van der Waals surface area (Å²) in [5.41, 5.74) is 3.26. The number of benzene rings is 2. The van der Waals surface area contributed by atoms with E-state index in [1.165, 1.54) is 0 Å². The Kier molecular flexibility index (Phi) is 7.70. The van der Waals surface area contributed by atoms with Gasteiger partial charge in [-0.05, 0) is 49.1 Å². The van der Waals surface area contributed by atoms with Gasteiger partial charge >= 0.3 is 0 Å². The fourth-order valence-corrected chi connectivity index (χ4v) is 5.33. The molecule has 0 aliphatic carbocycles. The molecule has 0 aromatic heterocycles. The van der Waals surface area contributed by atoms with Crippen LogP contribution < -0.4 is 14.2 Å². The number of methoxy groups -OCH3 is 2. The summed E-state index contributed by atoms with van der Waals surface area (Å²) >= 11 is 1.71. The molecule has 0 bridgehead atoms. The Morgan fingerprint density at radius 1 is 1.03 bits per heavy atom. The van der Waals surface area contributed by atoms with E-state index in [1.807, 2.05) is 25.1 Å². The summed E-state index contributed by atoms with van der Waals surface area (Å²) in [5.74, 6) is 2.39. The van der Waals surface area contributed by atoms with Crippen molar-refractivity contribution in [2.75, 3.05) is 27.4 Å². The third kappa shape index (κ3) is 5.38. The van der Waals surface area contributed by atoms with Crippen LogP contribution in [0.1, 0.15) is 41.7 Å². The average Bonchev–Trinajstić information content (AvgIpc) is 2.74. The molecule has 0 radical (unpaired) electrons. The van der Waals surface area contributed by atoms with E-state index < -0.39 is 6.10 Å². The van der Waals surface area contributed by atoms with E-state index in [0.717, 1.165) is 40.4 Å². The zero-order valence-corrected chi connectivity index (χ0v) is 18.1. The molecule has 1 aliphatic heterocycles. The summed E-state index contributed by atoms with van der Waals surface area (Å²) < 4.78 is 16.8. The summed E-state index contributed by atoms with van der Waals surface area (Å²) in [5, 5.41) is 20.0. The van der Waals surface area contributed by atoms with Crippen LogP contribution in [-0.2, 0) is 6.42 Å². The van der Waals surface area contributed by atoms with Crippen molar-refractivity contribution in [1.29, 1.82) is 0 Å². The van der Waals surface area contributed by atoms with Crippen molar-refractivity contribution in [2.45, 2.75) is 42.8 Å². The monoisotopic (exact) mass is 418 g/mol. The molecule has 0 spiro atoms. The number of hydrogen-bond donors (Lipinski definition) is 2. The molecule has 6 heteroatoms. The van der Waals surface area contributed by atoms with Crippen molar-refractivity contribution in [1.82, 2.24) is 0 Å². The van der Waals surface area contributed by atoms with Gasteiger partial charge in [0.05, 0.1) is 33.5 Å². The molecule has 1 saturated heterocycles. The SMILES string of the molecule is CCOc1ccc(Cc2cc([C@H]3C[C@@H](O)C[C@@H](CO)S3)c(OC)cc2OC)cc1. The summed E-state index contributed by atoms with van der Waals surface area (Å²) in [6.07, 6.45) is 1.57. The first-order chi connectivity index (χ1) is 14.1. The number of aliphatic hydroxyl groups excluding tert-OH is 2. The van der Waals surface area contributed by atoms with Gasteiger partial charge in [0, 0.05) is 28.6 Å². The van der Waals surface area contributed by atoms with E-state index in [4.69, 9.17) is 14.2 Å². The molecule has 0 unspecified atom stereocenters. The van der Waals surface area contributed by atoms with Crippen LogP contribution in [0.3, 0.4) is 0 Å². The maximum absolute atomic E-state index is 10.3. The third-order valence-corrected chi connectivity index (χ3v) is 6.69. The van der Waals surface area contributed by atoms with Gasteiger partial charge in [0.1, 0.15) is 17.2 Å². The average molecular weight is 419 g/mol.